The zero-order valence-electron chi connectivity index (χ0n) is 12.7. The second-order valence-corrected chi connectivity index (χ2v) is 5.56. The molecular formula is C16H22ClNO4. The second-order valence-electron chi connectivity index (χ2n) is 5.56. The average Bonchev–Trinajstić information content (AvgIpc) is 2.77. The number of benzene rings is 1. The van der Waals surface area contributed by atoms with Crippen LogP contribution >= 0.6 is 12.4 Å². The van der Waals surface area contributed by atoms with E-state index >= 15 is 0 Å². The topological polar surface area (TPSA) is 56.8 Å². The van der Waals surface area contributed by atoms with E-state index in [9.17, 15) is 4.79 Å². The van der Waals surface area contributed by atoms with E-state index in [4.69, 9.17) is 14.2 Å². The number of carbonyl (C=O) groups is 1. The lowest BCUT2D eigenvalue weighted by atomic mass is 9.92. The molecule has 1 unspecified atom stereocenters. The summed E-state index contributed by atoms with van der Waals surface area (Å²) in [6.07, 6.45) is 2.15. The summed E-state index contributed by atoms with van der Waals surface area (Å²) in [5.41, 5.74) is 1.61. The third kappa shape index (κ3) is 3.72. The van der Waals surface area contributed by atoms with E-state index in [-0.39, 0.29) is 18.4 Å². The van der Waals surface area contributed by atoms with Crippen LogP contribution in [0.3, 0.4) is 0 Å². The van der Waals surface area contributed by atoms with Crippen LogP contribution in [0.25, 0.3) is 0 Å². The normalized spacial score (nSPS) is 21.8. The number of methoxy groups -OCH3 is 1. The summed E-state index contributed by atoms with van der Waals surface area (Å²) in [4.78, 5) is 11.6. The van der Waals surface area contributed by atoms with Crippen molar-refractivity contribution in [2.45, 2.75) is 25.4 Å². The van der Waals surface area contributed by atoms with Gasteiger partial charge in [0.1, 0.15) is 12.4 Å². The second kappa shape index (κ2) is 7.81. The molecule has 1 saturated heterocycles. The molecule has 122 valence electrons. The Morgan fingerprint density at radius 3 is 2.82 bits per heavy atom. The van der Waals surface area contributed by atoms with Crippen molar-refractivity contribution in [3.8, 4) is 5.75 Å². The molecule has 1 N–H and O–H groups in total. The van der Waals surface area contributed by atoms with Crippen molar-refractivity contribution in [2.24, 2.45) is 5.92 Å². The monoisotopic (exact) mass is 327 g/mol. The molecule has 22 heavy (non-hydrogen) atoms. The van der Waals surface area contributed by atoms with Crippen LogP contribution in [0.5, 0.6) is 5.75 Å². The molecule has 0 aliphatic carbocycles. The number of fused-ring (bicyclic) bond motifs is 1. The Kier molecular flexibility index (Phi) is 6.06. The molecule has 0 saturated carbocycles. The molecule has 1 aromatic rings. The van der Waals surface area contributed by atoms with Gasteiger partial charge in [0, 0.05) is 31.4 Å². The van der Waals surface area contributed by atoms with Crippen LogP contribution in [-0.2, 0) is 16.0 Å². The van der Waals surface area contributed by atoms with Gasteiger partial charge in [-0.15, -0.1) is 12.4 Å². The zero-order chi connectivity index (χ0) is 14.7. The molecule has 5 nitrogen and oxygen atoms in total. The van der Waals surface area contributed by atoms with Gasteiger partial charge in [-0.2, -0.15) is 0 Å². The van der Waals surface area contributed by atoms with Crippen molar-refractivity contribution >= 4 is 18.4 Å². The molecule has 0 radical (unpaired) electrons. The number of esters is 1. The zero-order valence-corrected chi connectivity index (χ0v) is 13.5. The summed E-state index contributed by atoms with van der Waals surface area (Å²) in [7, 11) is 1.39. The fraction of sp³-hybridized carbons (Fsp3) is 0.562. The lowest BCUT2D eigenvalue weighted by Crippen LogP contribution is -2.41. The van der Waals surface area contributed by atoms with E-state index in [1.54, 1.807) is 12.1 Å². The van der Waals surface area contributed by atoms with Gasteiger partial charge in [0.15, 0.2) is 0 Å². The third-order valence-electron chi connectivity index (χ3n) is 4.30. The molecule has 2 heterocycles. The summed E-state index contributed by atoms with van der Waals surface area (Å²) in [5.74, 6) is 1.03. The van der Waals surface area contributed by atoms with Gasteiger partial charge in [0.05, 0.1) is 12.7 Å². The van der Waals surface area contributed by atoms with Crippen molar-refractivity contribution in [1.82, 2.24) is 5.32 Å². The highest BCUT2D eigenvalue weighted by Gasteiger charge is 2.27. The van der Waals surface area contributed by atoms with Gasteiger partial charge in [-0.05, 0) is 30.9 Å². The maximum absolute atomic E-state index is 11.6. The number of nitrogens with one attached hydrogen (secondary N) is 1. The summed E-state index contributed by atoms with van der Waals surface area (Å²) in [6, 6.07) is 5.82. The van der Waals surface area contributed by atoms with Gasteiger partial charge >= 0.3 is 5.97 Å². The van der Waals surface area contributed by atoms with Gasteiger partial charge in [0.2, 0.25) is 0 Å². The third-order valence-corrected chi connectivity index (χ3v) is 4.30. The molecule has 2 aliphatic rings. The standard InChI is InChI=1S/C16H21NO4.ClH/c1-19-16(18)12-2-3-13-9-17-14(10-21-15(13)8-12)11-4-6-20-7-5-11;/h2-3,8,11,14,17H,4-7,9-10H2,1H3;1H. The van der Waals surface area contributed by atoms with Gasteiger partial charge in [0.25, 0.3) is 0 Å². The van der Waals surface area contributed by atoms with Crippen LogP contribution in [0.15, 0.2) is 18.2 Å². The predicted octanol–water partition coefficient (Wildman–Crippen LogP) is 2.17. The largest absolute Gasteiger partial charge is 0.492 e. The minimum absolute atomic E-state index is 0. The van der Waals surface area contributed by atoms with E-state index in [0.717, 1.165) is 43.9 Å². The van der Waals surface area contributed by atoms with Crippen molar-refractivity contribution in [3.05, 3.63) is 29.3 Å². The highest BCUT2D eigenvalue weighted by atomic mass is 35.5. The van der Waals surface area contributed by atoms with Crippen LogP contribution in [0.1, 0.15) is 28.8 Å². The summed E-state index contributed by atoms with van der Waals surface area (Å²) < 4.78 is 16.1. The molecule has 3 rings (SSSR count). The number of ether oxygens (including phenoxy) is 3. The molecule has 1 aromatic carbocycles. The minimum Gasteiger partial charge on any atom is -0.492 e. The Morgan fingerprint density at radius 1 is 1.32 bits per heavy atom. The van der Waals surface area contributed by atoms with Crippen molar-refractivity contribution < 1.29 is 19.0 Å². The molecule has 1 fully saturated rings. The molecule has 0 aromatic heterocycles. The Labute approximate surface area is 136 Å². The Bertz CT molecular complexity index is 517. The van der Waals surface area contributed by atoms with E-state index < -0.39 is 0 Å². The first kappa shape index (κ1) is 17.1. The van der Waals surface area contributed by atoms with Gasteiger partial charge in [-0.25, -0.2) is 4.79 Å². The molecule has 0 spiro atoms. The average molecular weight is 328 g/mol. The maximum Gasteiger partial charge on any atom is 0.337 e. The molecule has 1 atom stereocenters. The van der Waals surface area contributed by atoms with Crippen LogP contribution in [-0.4, -0.2) is 38.9 Å². The van der Waals surface area contributed by atoms with E-state index in [1.165, 1.54) is 7.11 Å². The number of hydrogen-bond donors (Lipinski definition) is 1. The number of hydrogen-bond acceptors (Lipinski definition) is 5. The fourth-order valence-electron chi connectivity index (χ4n) is 2.98. The summed E-state index contributed by atoms with van der Waals surface area (Å²) in [6.45, 7) is 3.06. The van der Waals surface area contributed by atoms with Crippen LogP contribution in [0, 0.1) is 5.92 Å². The first-order valence-electron chi connectivity index (χ1n) is 7.43. The molecule has 0 bridgehead atoms. The lowest BCUT2D eigenvalue weighted by Gasteiger charge is -2.29. The Morgan fingerprint density at radius 2 is 2.09 bits per heavy atom. The number of carbonyl (C=O) groups excluding carboxylic acids is 1. The maximum atomic E-state index is 11.6. The lowest BCUT2D eigenvalue weighted by molar-refractivity contribution is 0.0470. The van der Waals surface area contributed by atoms with Gasteiger partial charge in [-0.3, -0.25) is 0 Å². The highest BCUT2D eigenvalue weighted by molar-refractivity contribution is 5.89. The highest BCUT2D eigenvalue weighted by Crippen LogP contribution is 2.27. The molecule has 0 amide bonds. The van der Waals surface area contributed by atoms with Crippen LogP contribution in [0.2, 0.25) is 0 Å². The van der Waals surface area contributed by atoms with Crippen LogP contribution in [0.4, 0.5) is 0 Å². The van der Waals surface area contributed by atoms with Crippen LogP contribution < -0.4 is 10.1 Å². The quantitative estimate of drug-likeness (QED) is 0.844. The van der Waals surface area contributed by atoms with Crippen molar-refractivity contribution in [1.29, 1.82) is 0 Å². The van der Waals surface area contributed by atoms with E-state index in [1.807, 2.05) is 6.07 Å². The van der Waals surface area contributed by atoms with E-state index in [0.29, 0.717) is 24.1 Å². The molecular weight excluding hydrogens is 306 g/mol. The van der Waals surface area contributed by atoms with Gasteiger partial charge < -0.3 is 19.5 Å². The minimum atomic E-state index is -0.334. The number of halogens is 1. The first-order chi connectivity index (χ1) is 10.3. The fourth-order valence-corrected chi connectivity index (χ4v) is 2.98. The van der Waals surface area contributed by atoms with Gasteiger partial charge in [-0.1, -0.05) is 6.07 Å². The summed E-state index contributed by atoms with van der Waals surface area (Å²) >= 11 is 0. The van der Waals surface area contributed by atoms with Crippen molar-refractivity contribution in [2.75, 3.05) is 26.9 Å². The predicted molar refractivity (Wildman–Crippen MR) is 84.7 cm³/mol. The Hall–Kier alpha value is -1.30. The smallest absolute Gasteiger partial charge is 0.337 e. The van der Waals surface area contributed by atoms with Crippen molar-refractivity contribution in [3.63, 3.8) is 0 Å². The Balaban J connectivity index is 0.00000176. The summed E-state index contributed by atoms with van der Waals surface area (Å²) in [5, 5.41) is 3.57. The number of rotatable bonds is 2. The molecule has 6 heteroatoms. The first-order valence-corrected chi connectivity index (χ1v) is 7.43. The SMILES string of the molecule is COC(=O)c1ccc2c(c1)OCC(C1CCOCC1)NC2.Cl. The van der Waals surface area contributed by atoms with E-state index in [2.05, 4.69) is 5.32 Å². The molecule has 2 aliphatic heterocycles.